The lowest BCUT2D eigenvalue weighted by Crippen LogP contribution is -2.42. The first-order valence-corrected chi connectivity index (χ1v) is 10.0. The largest absolute Gasteiger partial charge is 0.365 e. The van der Waals surface area contributed by atoms with Gasteiger partial charge in [-0.1, -0.05) is 18.5 Å². The predicted octanol–water partition coefficient (Wildman–Crippen LogP) is 5.21. The van der Waals surface area contributed by atoms with Crippen LogP contribution in [-0.4, -0.2) is 27.4 Å². The number of benzene rings is 1. The number of hydrogen-bond donors (Lipinski definition) is 0. The summed E-state index contributed by atoms with van der Waals surface area (Å²) >= 11 is 5.94. The summed E-state index contributed by atoms with van der Waals surface area (Å²) in [7, 11) is 0. The molecule has 5 rings (SSSR count). The Balaban J connectivity index is 1.73. The molecule has 0 spiro atoms. The van der Waals surface area contributed by atoms with Crippen LogP contribution in [0, 0.1) is 18.7 Å². The van der Waals surface area contributed by atoms with E-state index in [9.17, 15) is 4.39 Å². The van der Waals surface area contributed by atoms with Crippen molar-refractivity contribution in [3.05, 3.63) is 40.8 Å². The molecule has 4 nitrogen and oxygen atoms in total. The molecule has 3 aromatic rings. The fourth-order valence-corrected chi connectivity index (χ4v) is 4.33. The van der Waals surface area contributed by atoms with Crippen LogP contribution in [0.3, 0.4) is 0 Å². The number of hydrogen-bond acceptors (Lipinski definition) is 3. The summed E-state index contributed by atoms with van der Waals surface area (Å²) in [4.78, 5) is 7.29. The maximum Gasteiger partial charge on any atom is 0.134 e. The Kier molecular flexibility index (Phi) is 3.90. The molecular formula is C21H22ClFN4. The van der Waals surface area contributed by atoms with Gasteiger partial charge in [-0.25, -0.2) is 9.37 Å². The molecule has 6 heteroatoms. The van der Waals surface area contributed by atoms with E-state index in [0.717, 1.165) is 42.2 Å². The summed E-state index contributed by atoms with van der Waals surface area (Å²) < 4.78 is 16.6. The van der Waals surface area contributed by atoms with Gasteiger partial charge in [0, 0.05) is 28.9 Å². The Morgan fingerprint density at radius 3 is 2.78 bits per heavy atom. The van der Waals surface area contributed by atoms with E-state index in [1.54, 1.807) is 12.1 Å². The Bertz CT molecular complexity index is 1040. The van der Waals surface area contributed by atoms with Gasteiger partial charge in [-0.15, -0.1) is 0 Å². The van der Waals surface area contributed by atoms with Crippen LogP contribution in [0.4, 0.5) is 10.1 Å². The molecule has 1 fully saturated rings. The van der Waals surface area contributed by atoms with Crippen molar-refractivity contribution in [2.45, 2.75) is 45.7 Å². The zero-order valence-electron chi connectivity index (χ0n) is 15.5. The molecular weight excluding hydrogens is 363 g/mol. The zero-order chi connectivity index (χ0) is 18.7. The molecule has 2 aliphatic rings. The minimum absolute atomic E-state index is 0.361. The first kappa shape index (κ1) is 17.0. The van der Waals surface area contributed by atoms with Crippen LogP contribution in [0.5, 0.6) is 0 Å². The summed E-state index contributed by atoms with van der Waals surface area (Å²) in [6.45, 7) is 6.13. The highest BCUT2D eigenvalue weighted by Gasteiger charge is 2.34. The van der Waals surface area contributed by atoms with Gasteiger partial charge in [0.25, 0.3) is 0 Å². The number of anilines is 1. The van der Waals surface area contributed by atoms with Crippen molar-refractivity contribution < 1.29 is 4.39 Å². The van der Waals surface area contributed by atoms with E-state index in [4.69, 9.17) is 21.7 Å². The predicted molar refractivity (Wildman–Crippen MR) is 107 cm³/mol. The van der Waals surface area contributed by atoms with Crippen molar-refractivity contribution in [3.8, 4) is 11.3 Å². The lowest BCUT2D eigenvalue weighted by molar-refractivity contribution is 0.452. The van der Waals surface area contributed by atoms with Crippen molar-refractivity contribution in [1.29, 1.82) is 0 Å². The van der Waals surface area contributed by atoms with E-state index < -0.39 is 0 Å². The molecule has 0 unspecified atom stereocenters. The van der Waals surface area contributed by atoms with Crippen molar-refractivity contribution >= 4 is 28.3 Å². The number of aromatic nitrogens is 3. The van der Waals surface area contributed by atoms with E-state index in [1.165, 1.54) is 24.6 Å². The molecule has 1 saturated carbocycles. The average molecular weight is 385 g/mol. The maximum atomic E-state index is 14.6. The van der Waals surface area contributed by atoms with Crippen LogP contribution in [0.1, 0.15) is 31.9 Å². The van der Waals surface area contributed by atoms with Crippen molar-refractivity contribution in [2.75, 3.05) is 11.4 Å². The van der Waals surface area contributed by atoms with Crippen molar-refractivity contribution in [2.24, 2.45) is 5.92 Å². The number of aryl methyl sites for hydroxylation is 1. The van der Waals surface area contributed by atoms with Gasteiger partial charge >= 0.3 is 0 Å². The number of halogens is 2. The third-order valence-corrected chi connectivity index (χ3v) is 5.98. The van der Waals surface area contributed by atoms with Crippen LogP contribution in [0.2, 0.25) is 5.02 Å². The highest BCUT2D eigenvalue weighted by molar-refractivity contribution is 6.30. The molecule has 0 amide bonds. The number of pyridine rings is 1. The van der Waals surface area contributed by atoms with E-state index in [0.29, 0.717) is 22.3 Å². The van der Waals surface area contributed by atoms with Crippen molar-refractivity contribution in [3.63, 3.8) is 0 Å². The molecule has 0 bridgehead atoms. The molecule has 1 aliphatic carbocycles. The van der Waals surface area contributed by atoms with Crippen LogP contribution >= 0.6 is 11.6 Å². The Morgan fingerprint density at radius 2 is 2.07 bits per heavy atom. The third kappa shape index (κ3) is 2.80. The van der Waals surface area contributed by atoms with Crippen LogP contribution in [0.25, 0.3) is 22.3 Å². The van der Waals surface area contributed by atoms with E-state index >= 15 is 0 Å². The Hall–Kier alpha value is -2.14. The molecule has 3 heterocycles. The summed E-state index contributed by atoms with van der Waals surface area (Å²) in [6.07, 6.45) is 3.70. The van der Waals surface area contributed by atoms with Gasteiger partial charge in [0.2, 0.25) is 0 Å². The molecule has 1 atom stereocenters. The molecule has 0 N–H and O–H groups in total. The van der Waals surface area contributed by atoms with Crippen LogP contribution < -0.4 is 4.90 Å². The molecule has 1 aliphatic heterocycles. The normalized spacial score (nSPS) is 19.1. The highest BCUT2D eigenvalue weighted by atomic mass is 35.5. The van der Waals surface area contributed by atoms with E-state index in [-0.39, 0.29) is 5.82 Å². The average Bonchev–Trinajstić information content (AvgIpc) is 3.38. The van der Waals surface area contributed by atoms with Gasteiger partial charge in [0.1, 0.15) is 22.5 Å². The molecule has 2 aromatic heterocycles. The molecule has 0 saturated heterocycles. The topological polar surface area (TPSA) is 34.0 Å². The first-order chi connectivity index (χ1) is 13.0. The second kappa shape index (κ2) is 6.20. The standard InChI is InChI=1S/C21H22ClFN4/c1-3-15-11-27-21-18(26(15)10-13-4-5-13)8-12(2)24-20(21)19(25-27)16-7-6-14(22)9-17(16)23/h6-9,13,15H,3-5,10-11H2,1-2H3/t15-/m0/s1. The molecule has 27 heavy (non-hydrogen) atoms. The maximum absolute atomic E-state index is 14.6. The minimum Gasteiger partial charge on any atom is -0.365 e. The second-order valence-corrected chi connectivity index (χ2v) is 8.23. The third-order valence-electron chi connectivity index (χ3n) is 5.75. The highest BCUT2D eigenvalue weighted by Crippen LogP contribution is 2.41. The Morgan fingerprint density at radius 1 is 1.26 bits per heavy atom. The lowest BCUT2D eigenvalue weighted by atomic mass is 10.1. The van der Waals surface area contributed by atoms with Gasteiger partial charge < -0.3 is 4.90 Å². The minimum atomic E-state index is -0.361. The smallest absolute Gasteiger partial charge is 0.134 e. The van der Waals surface area contributed by atoms with Crippen molar-refractivity contribution in [1.82, 2.24) is 14.8 Å². The summed E-state index contributed by atoms with van der Waals surface area (Å²) in [5, 5.41) is 5.18. The zero-order valence-corrected chi connectivity index (χ0v) is 16.3. The quantitative estimate of drug-likeness (QED) is 0.619. The lowest BCUT2D eigenvalue weighted by Gasteiger charge is -2.37. The monoisotopic (exact) mass is 384 g/mol. The van der Waals surface area contributed by atoms with Gasteiger partial charge in [-0.2, -0.15) is 5.10 Å². The molecule has 0 radical (unpaired) electrons. The van der Waals surface area contributed by atoms with E-state index in [2.05, 4.69) is 17.9 Å². The summed E-state index contributed by atoms with van der Waals surface area (Å²) in [6, 6.07) is 7.31. The fraction of sp³-hybridized carbons (Fsp3) is 0.429. The van der Waals surface area contributed by atoms with Gasteiger partial charge in [-0.05, 0) is 56.4 Å². The SMILES string of the molecule is CC[C@H]1Cn2nc(-c3ccc(Cl)cc3F)c3nc(C)cc(c32)N1CC1CC1. The number of nitrogens with zero attached hydrogens (tertiary/aromatic N) is 4. The fourth-order valence-electron chi connectivity index (χ4n) is 4.17. The van der Waals surface area contributed by atoms with Crippen LogP contribution in [0.15, 0.2) is 24.3 Å². The van der Waals surface area contributed by atoms with Gasteiger partial charge in [0.05, 0.1) is 12.2 Å². The first-order valence-electron chi connectivity index (χ1n) is 9.65. The van der Waals surface area contributed by atoms with E-state index in [1.807, 2.05) is 11.6 Å². The summed E-state index contributed by atoms with van der Waals surface area (Å²) in [5.41, 5.74) is 4.99. The summed E-state index contributed by atoms with van der Waals surface area (Å²) in [5.74, 6) is 0.435. The second-order valence-electron chi connectivity index (χ2n) is 7.79. The van der Waals surface area contributed by atoms with Gasteiger partial charge in [0.15, 0.2) is 0 Å². The molecule has 1 aromatic carbocycles. The Labute approximate surface area is 162 Å². The van der Waals surface area contributed by atoms with Gasteiger partial charge in [-0.3, -0.25) is 4.68 Å². The van der Waals surface area contributed by atoms with Crippen LogP contribution in [-0.2, 0) is 6.54 Å². The number of rotatable bonds is 4. The molecule has 140 valence electrons.